The lowest BCUT2D eigenvalue weighted by atomic mass is 10.2. The molecule has 0 aliphatic carbocycles. The van der Waals surface area contributed by atoms with E-state index in [1.54, 1.807) is 0 Å². The molecule has 0 spiro atoms. The highest BCUT2D eigenvalue weighted by Gasteiger charge is 2.19. The molecule has 0 fully saturated rings. The Bertz CT molecular complexity index is 375. The van der Waals surface area contributed by atoms with Gasteiger partial charge in [-0.15, -0.1) is 0 Å². The molecule has 0 atom stereocenters. The number of alkyl halides is 2. The Morgan fingerprint density at radius 3 is 2.69 bits per heavy atom. The molecule has 0 aromatic carbocycles. The molecule has 68 valence electrons. The lowest BCUT2D eigenvalue weighted by molar-refractivity contribution is 0.145. The van der Waals surface area contributed by atoms with Crippen LogP contribution in [0.4, 0.5) is 8.78 Å². The monoisotopic (exact) mass is 248 g/mol. The molecule has 3 nitrogen and oxygen atoms in total. The zero-order valence-corrected chi connectivity index (χ0v) is 7.72. The van der Waals surface area contributed by atoms with Gasteiger partial charge in [0, 0.05) is 0 Å². The summed E-state index contributed by atoms with van der Waals surface area (Å²) in [6, 6.07) is 1.54. The molecule has 0 amide bonds. The van der Waals surface area contributed by atoms with Gasteiger partial charge in [0.2, 0.25) is 0 Å². The van der Waals surface area contributed by atoms with Crippen molar-refractivity contribution in [2.45, 2.75) is 6.43 Å². The van der Waals surface area contributed by atoms with E-state index in [9.17, 15) is 8.78 Å². The number of nitrogens with zero attached hydrogens (tertiary/aromatic N) is 2. The van der Waals surface area contributed by atoms with Gasteiger partial charge in [-0.2, -0.15) is 5.26 Å². The summed E-state index contributed by atoms with van der Waals surface area (Å²) in [5.41, 5.74) is -0.970. The van der Waals surface area contributed by atoms with Gasteiger partial charge in [0.25, 0.3) is 6.43 Å². The molecule has 1 heterocycles. The normalized spacial score (nSPS) is 10.1. The lowest BCUT2D eigenvalue weighted by Gasteiger charge is -2.04. The van der Waals surface area contributed by atoms with E-state index >= 15 is 0 Å². The summed E-state index contributed by atoms with van der Waals surface area (Å²) in [4.78, 5) is 3.26. The van der Waals surface area contributed by atoms with Crippen LogP contribution < -0.4 is 0 Å². The predicted octanol–water partition coefficient (Wildman–Crippen LogP) is 2.36. The van der Waals surface area contributed by atoms with Crippen molar-refractivity contribution >= 4 is 15.9 Å². The molecule has 0 aliphatic heterocycles. The molecule has 0 unspecified atom stereocenters. The average Bonchev–Trinajstić information content (AvgIpc) is 2.09. The third kappa shape index (κ3) is 1.75. The molecule has 0 radical (unpaired) electrons. The molecule has 1 aromatic rings. The predicted molar refractivity (Wildman–Crippen MR) is 43.3 cm³/mol. The van der Waals surface area contributed by atoms with Crippen LogP contribution in [-0.2, 0) is 0 Å². The summed E-state index contributed by atoms with van der Waals surface area (Å²) >= 11 is 2.81. The highest BCUT2D eigenvalue weighted by atomic mass is 79.9. The summed E-state index contributed by atoms with van der Waals surface area (Å²) in [5, 5.41) is 17.5. The Morgan fingerprint density at radius 1 is 1.62 bits per heavy atom. The molecule has 6 heteroatoms. The number of hydrogen-bond acceptors (Lipinski definition) is 3. The maximum Gasteiger partial charge on any atom is 0.281 e. The molecule has 1 rings (SSSR count). The van der Waals surface area contributed by atoms with Crippen molar-refractivity contribution in [3.05, 3.63) is 21.9 Å². The summed E-state index contributed by atoms with van der Waals surface area (Å²) in [6.07, 6.45) is -1.96. The van der Waals surface area contributed by atoms with Crippen LogP contribution in [0.5, 0.6) is 5.75 Å². The minimum atomic E-state index is -2.83. The zero-order chi connectivity index (χ0) is 10.0. The van der Waals surface area contributed by atoms with E-state index in [1.165, 1.54) is 6.07 Å². The number of aromatic hydroxyl groups is 1. The van der Waals surface area contributed by atoms with Crippen molar-refractivity contribution in [2.75, 3.05) is 0 Å². The van der Waals surface area contributed by atoms with E-state index in [2.05, 4.69) is 20.9 Å². The van der Waals surface area contributed by atoms with E-state index in [-0.39, 0.29) is 15.8 Å². The maximum absolute atomic E-state index is 12.2. The largest absolute Gasteiger partial charge is 0.505 e. The van der Waals surface area contributed by atoms with E-state index in [4.69, 9.17) is 10.4 Å². The minimum Gasteiger partial charge on any atom is -0.505 e. The second kappa shape index (κ2) is 3.66. The van der Waals surface area contributed by atoms with Gasteiger partial charge in [-0.05, 0) is 15.9 Å². The van der Waals surface area contributed by atoms with Crippen LogP contribution in [0.3, 0.4) is 0 Å². The number of halogens is 3. The Morgan fingerprint density at radius 2 is 2.23 bits per heavy atom. The van der Waals surface area contributed by atoms with Crippen LogP contribution in [0.25, 0.3) is 0 Å². The summed E-state index contributed by atoms with van der Waals surface area (Å²) in [7, 11) is 0. The second-order valence-corrected chi connectivity index (χ2v) is 2.92. The molecule has 0 saturated carbocycles. The molecule has 1 aromatic heterocycles. The van der Waals surface area contributed by atoms with Gasteiger partial charge < -0.3 is 5.11 Å². The molecule has 0 bridgehead atoms. The lowest BCUT2D eigenvalue weighted by Crippen LogP contribution is -1.96. The van der Waals surface area contributed by atoms with Crippen LogP contribution in [0.15, 0.2) is 10.7 Å². The Hall–Kier alpha value is -1.22. The molecular weight excluding hydrogens is 246 g/mol. The average molecular weight is 249 g/mol. The number of nitriles is 1. The van der Waals surface area contributed by atoms with Gasteiger partial charge in [0.05, 0.1) is 16.2 Å². The highest BCUT2D eigenvalue weighted by Crippen LogP contribution is 2.31. The maximum atomic E-state index is 12.2. The Kier molecular flexibility index (Phi) is 2.78. The van der Waals surface area contributed by atoms with Crippen molar-refractivity contribution in [1.82, 2.24) is 4.98 Å². The number of rotatable bonds is 1. The zero-order valence-electron chi connectivity index (χ0n) is 6.13. The van der Waals surface area contributed by atoms with Gasteiger partial charge >= 0.3 is 0 Å². The summed E-state index contributed by atoms with van der Waals surface area (Å²) in [6.45, 7) is 0. The van der Waals surface area contributed by atoms with E-state index in [0.29, 0.717) is 0 Å². The minimum absolute atomic E-state index is 0.0553. The first-order valence-electron chi connectivity index (χ1n) is 3.13. The van der Waals surface area contributed by atoms with Gasteiger partial charge in [-0.1, -0.05) is 0 Å². The van der Waals surface area contributed by atoms with Gasteiger partial charge in [-0.25, -0.2) is 13.8 Å². The van der Waals surface area contributed by atoms with Crippen LogP contribution in [-0.4, -0.2) is 10.1 Å². The van der Waals surface area contributed by atoms with Crippen LogP contribution in [0, 0.1) is 11.3 Å². The first-order chi connectivity index (χ1) is 6.07. The summed E-state index contributed by atoms with van der Waals surface area (Å²) < 4.78 is 24.4. The van der Waals surface area contributed by atoms with Crippen molar-refractivity contribution < 1.29 is 13.9 Å². The fourth-order valence-corrected chi connectivity index (χ4v) is 1.16. The van der Waals surface area contributed by atoms with E-state index < -0.39 is 12.1 Å². The van der Waals surface area contributed by atoms with Crippen molar-refractivity contribution in [1.29, 1.82) is 5.26 Å². The molecule has 1 N–H and O–H groups in total. The van der Waals surface area contributed by atoms with Crippen LogP contribution in [0.2, 0.25) is 0 Å². The Balaban J connectivity index is 3.41. The van der Waals surface area contributed by atoms with Crippen molar-refractivity contribution in [2.24, 2.45) is 0 Å². The number of hydrogen-bond donors (Lipinski definition) is 1. The van der Waals surface area contributed by atoms with Crippen LogP contribution >= 0.6 is 15.9 Å². The number of aromatic nitrogens is 1. The van der Waals surface area contributed by atoms with Crippen LogP contribution in [0.1, 0.15) is 17.7 Å². The smallest absolute Gasteiger partial charge is 0.281 e. The SMILES string of the molecule is N#Cc1c(C(F)F)ncc(O)c1Br. The second-order valence-electron chi connectivity index (χ2n) is 2.13. The van der Waals surface area contributed by atoms with Gasteiger partial charge in [0.15, 0.2) is 0 Å². The third-order valence-corrected chi connectivity index (χ3v) is 2.15. The first-order valence-corrected chi connectivity index (χ1v) is 3.92. The standard InChI is InChI=1S/C7H3BrF2N2O/c8-5-3(1-11)6(7(9)10)12-2-4(5)13/h2,7,13H. The molecule has 0 aliphatic rings. The Labute approximate surface area is 80.8 Å². The van der Waals surface area contributed by atoms with Gasteiger partial charge in [0.1, 0.15) is 17.5 Å². The van der Waals surface area contributed by atoms with E-state index in [1.807, 2.05) is 0 Å². The van der Waals surface area contributed by atoms with Crippen molar-refractivity contribution in [3.8, 4) is 11.8 Å². The summed E-state index contributed by atoms with van der Waals surface area (Å²) in [5.74, 6) is -0.332. The number of pyridine rings is 1. The quantitative estimate of drug-likeness (QED) is 0.830. The highest BCUT2D eigenvalue weighted by molar-refractivity contribution is 9.10. The van der Waals surface area contributed by atoms with Gasteiger partial charge in [-0.3, -0.25) is 0 Å². The third-order valence-electron chi connectivity index (χ3n) is 1.34. The van der Waals surface area contributed by atoms with E-state index in [0.717, 1.165) is 6.20 Å². The first kappa shape index (κ1) is 9.86. The topological polar surface area (TPSA) is 56.9 Å². The fourth-order valence-electron chi connectivity index (χ4n) is 0.764. The van der Waals surface area contributed by atoms with Crippen molar-refractivity contribution in [3.63, 3.8) is 0 Å². The molecular formula is C7H3BrF2N2O. The fraction of sp³-hybridized carbons (Fsp3) is 0.143. The molecule has 0 saturated heterocycles. The molecule has 13 heavy (non-hydrogen) atoms.